The SMILES string of the molecule is O=C(O)c1cccc(-c2cc3cc(F)c(F)cc3o2)c1. The van der Waals surface area contributed by atoms with Crippen LogP contribution in [0.25, 0.3) is 22.3 Å². The molecule has 0 bridgehead atoms. The van der Waals surface area contributed by atoms with Crippen molar-refractivity contribution in [3.63, 3.8) is 0 Å². The van der Waals surface area contributed by atoms with Crippen molar-refractivity contribution in [2.24, 2.45) is 0 Å². The van der Waals surface area contributed by atoms with Gasteiger partial charge in [0.15, 0.2) is 11.6 Å². The molecule has 1 aromatic heterocycles. The molecule has 0 unspecified atom stereocenters. The van der Waals surface area contributed by atoms with E-state index in [4.69, 9.17) is 9.52 Å². The van der Waals surface area contributed by atoms with Crippen molar-refractivity contribution in [2.75, 3.05) is 0 Å². The minimum atomic E-state index is -1.06. The van der Waals surface area contributed by atoms with Crippen molar-refractivity contribution in [3.8, 4) is 11.3 Å². The highest BCUT2D eigenvalue weighted by Gasteiger charge is 2.12. The van der Waals surface area contributed by atoms with Gasteiger partial charge in [0, 0.05) is 17.0 Å². The fraction of sp³-hybridized carbons (Fsp3) is 0. The molecular formula is C15H8F2O3. The molecular weight excluding hydrogens is 266 g/mol. The van der Waals surface area contributed by atoms with E-state index in [-0.39, 0.29) is 11.1 Å². The Hall–Kier alpha value is -2.69. The summed E-state index contributed by atoms with van der Waals surface area (Å²) in [5.74, 6) is -2.64. The van der Waals surface area contributed by atoms with Gasteiger partial charge >= 0.3 is 5.97 Å². The summed E-state index contributed by atoms with van der Waals surface area (Å²) in [6, 6.07) is 9.68. The Balaban J connectivity index is 2.15. The molecule has 3 nitrogen and oxygen atoms in total. The van der Waals surface area contributed by atoms with Crippen LogP contribution in [-0.4, -0.2) is 11.1 Å². The summed E-state index contributed by atoms with van der Waals surface area (Å²) in [5, 5.41) is 9.36. The van der Waals surface area contributed by atoms with E-state index in [2.05, 4.69) is 0 Å². The van der Waals surface area contributed by atoms with E-state index >= 15 is 0 Å². The topological polar surface area (TPSA) is 50.4 Å². The number of rotatable bonds is 2. The average Bonchev–Trinajstić information content (AvgIpc) is 2.82. The molecule has 0 spiro atoms. The number of aromatic carboxylic acids is 1. The molecule has 0 aliphatic rings. The normalized spacial score (nSPS) is 10.9. The largest absolute Gasteiger partial charge is 0.478 e. The first-order valence-electron chi connectivity index (χ1n) is 5.77. The Morgan fingerprint density at radius 2 is 1.80 bits per heavy atom. The lowest BCUT2D eigenvalue weighted by Crippen LogP contribution is -1.95. The molecule has 0 aliphatic carbocycles. The van der Waals surface area contributed by atoms with Gasteiger partial charge in [-0.1, -0.05) is 12.1 Å². The number of fused-ring (bicyclic) bond motifs is 1. The van der Waals surface area contributed by atoms with E-state index in [0.717, 1.165) is 12.1 Å². The highest BCUT2D eigenvalue weighted by molar-refractivity contribution is 5.90. The summed E-state index contributed by atoms with van der Waals surface area (Å²) in [6.45, 7) is 0. The standard InChI is InChI=1S/C15H8F2O3/c16-11-5-10-6-13(20-14(10)7-12(11)17)8-2-1-3-9(4-8)15(18)19/h1-7H,(H,18,19). The molecule has 0 saturated carbocycles. The van der Waals surface area contributed by atoms with Crippen LogP contribution >= 0.6 is 0 Å². The maximum absolute atomic E-state index is 13.1. The predicted octanol–water partition coefficient (Wildman–Crippen LogP) is 4.08. The lowest BCUT2D eigenvalue weighted by molar-refractivity contribution is 0.0697. The molecule has 0 fully saturated rings. The number of carbonyl (C=O) groups is 1. The third-order valence-electron chi connectivity index (χ3n) is 2.95. The van der Waals surface area contributed by atoms with Crippen molar-refractivity contribution in [3.05, 3.63) is 59.7 Å². The monoisotopic (exact) mass is 274 g/mol. The number of benzene rings is 2. The molecule has 3 aromatic rings. The van der Waals surface area contributed by atoms with Gasteiger partial charge in [0.05, 0.1) is 5.56 Å². The van der Waals surface area contributed by atoms with Crippen LogP contribution in [-0.2, 0) is 0 Å². The smallest absolute Gasteiger partial charge is 0.335 e. The van der Waals surface area contributed by atoms with E-state index in [9.17, 15) is 13.6 Å². The molecule has 3 rings (SSSR count). The Labute approximate surface area is 112 Å². The number of carboxylic acid groups (broad SMARTS) is 1. The highest BCUT2D eigenvalue weighted by atomic mass is 19.2. The number of hydrogen-bond acceptors (Lipinski definition) is 2. The maximum Gasteiger partial charge on any atom is 0.335 e. The highest BCUT2D eigenvalue weighted by Crippen LogP contribution is 2.29. The van der Waals surface area contributed by atoms with Crippen LogP contribution in [0.1, 0.15) is 10.4 Å². The maximum atomic E-state index is 13.1. The van der Waals surface area contributed by atoms with Gasteiger partial charge in [-0.15, -0.1) is 0 Å². The quantitative estimate of drug-likeness (QED) is 0.766. The van der Waals surface area contributed by atoms with Crippen molar-refractivity contribution in [1.29, 1.82) is 0 Å². The Morgan fingerprint density at radius 1 is 1.05 bits per heavy atom. The molecule has 1 N–H and O–H groups in total. The zero-order valence-corrected chi connectivity index (χ0v) is 10.1. The first kappa shape index (κ1) is 12.3. The van der Waals surface area contributed by atoms with Crippen LogP contribution < -0.4 is 0 Å². The second-order valence-corrected chi connectivity index (χ2v) is 4.30. The van der Waals surface area contributed by atoms with E-state index in [1.165, 1.54) is 12.1 Å². The minimum Gasteiger partial charge on any atom is -0.478 e. The summed E-state index contributed by atoms with van der Waals surface area (Å²) < 4.78 is 31.7. The molecule has 0 aliphatic heterocycles. The first-order valence-corrected chi connectivity index (χ1v) is 5.77. The lowest BCUT2D eigenvalue weighted by atomic mass is 10.1. The predicted molar refractivity (Wildman–Crippen MR) is 68.5 cm³/mol. The number of hydrogen-bond donors (Lipinski definition) is 1. The van der Waals surface area contributed by atoms with Crippen LogP contribution in [0.4, 0.5) is 8.78 Å². The van der Waals surface area contributed by atoms with Gasteiger partial charge in [-0.25, -0.2) is 13.6 Å². The molecule has 0 amide bonds. The van der Waals surface area contributed by atoms with E-state index in [0.29, 0.717) is 16.7 Å². The van der Waals surface area contributed by atoms with Gasteiger partial charge in [-0.3, -0.25) is 0 Å². The second kappa shape index (κ2) is 4.45. The van der Waals surface area contributed by atoms with Gasteiger partial charge in [0.25, 0.3) is 0 Å². The fourth-order valence-corrected chi connectivity index (χ4v) is 1.98. The Kier molecular flexibility index (Phi) is 2.75. The third kappa shape index (κ3) is 2.03. The number of halogens is 2. The van der Waals surface area contributed by atoms with Gasteiger partial charge in [-0.05, 0) is 24.3 Å². The van der Waals surface area contributed by atoms with Crippen molar-refractivity contribution in [1.82, 2.24) is 0 Å². The van der Waals surface area contributed by atoms with Crippen molar-refractivity contribution in [2.45, 2.75) is 0 Å². The van der Waals surface area contributed by atoms with E-state index in [1.807, 2.05) is 0 Å². The molecule has 20 heavy (non-hydrogen) atoms. The first-order chi connectivity index (χ1) is 9.54. The zero-order chi connectivity index (χ0) is 14.3. The summed E-state index contributed by atoms with van der Waals surface area (Å²) in [6.07, 6.45) is 0. The molecule has 2 aromatic carbocycles. The van der Waals surface area contributed by atoms with Crippen LogP contribution in [0.15, 0.2) is 46.9 Å². The molecule has 0 radical (unpaired) electrons. The molecule has 0 saturated heterocycles. The Morgan fingerprint density at radius 3 is 2.55 bits per heavy atom. The van der Waals surface area contributed by atoms with Gasteiger partial charge in [0.2, 0.25) is 0 Å². The van der Waals surface area contributed by atoms with Crippen molar-refractivity contribution < 1.29 is 23.1 Å². The van der Waals surface area contributed by atoms with Crippen molar-refractivity contribution >= 4 is 16.9 Å². The molecule has 5 heteroatoms. The van der Waals surface area contributed by atoms with E-state index < -0.39 is 17.6 Å². The van der Waals surface area contributed by atoms with E-state index in [1.54, 1.807) is 18.2 Å². The summed E-state index contributed by atoms with van der Waals surface area (Å²) in [7, 11) is 0. The van der Waals surface area contributed by atoms with Crippen LogP contribution in [0.3, 0.4) is 0 Å². The number of carboxylic acids is 1. The van der Waals surface area contributed by atoms with Crippen LogP contribution in [0, 0.1) is 11.6 Å². The van der Waals surface area contributed by atoms with Crippen LogP contribution in [0.5, 0.6) is 0 Å². The number of furan rings is 1. The summed E-state index contributed by atoms with van der Waals surface area (Å²) >= 11 is 0. The Bertz CT molecular complexity index is 782. The second-order valence-electron chi connectivity index (χ2n) is 4.30. The lowest BCUT2D eigenvalue weighted by Gasteiger charge is -1.98. The van der Waals surface area contributed by atoms with Gasteiger partial charge < -0.3 is 9.52 Å². The molecule has 100 valence electrons. The van der Waals surface area contributed by atoms with Gasteiger partial charge in [-0.2, -0.15) is 0 Å². The molecule has 0 atom stereocenters. The summed E-state index contributed by atoms with van der Waals surface area (Å²) in [5.41, 5.74) is 0.849. The average molecular weight is 274 g/mol. The molecule has 1 heterocycles. The fourth-order valence-electron chi connectivity index (χ4n) is 1.98. The van der Waals surface area contributed by atoms with Crippen LogP contribution in [0.2, 0.25) is 0 Å². The zero-order valence-electron chi connectivity index (χ0n) is 10.1. The minimum absolute atomic E-state index is 0.111. The third-order valence-corrected chi connectivity index (χ3v) is 2.95. The summed E-state index contributed by atoms with van der Waals surface area (Å²) in [4.78, 5) is 10.9. The van der Waals surface area contributed by atoms with Gasteiger partial charge in [0.1, 0.15) is 11.3 Å².